The summed E-state index contributed by atoms with van der Waals surface area (Å²) in [5.41, 5.74) is 8.78. The highest BCUT2D eigenvalue weighted by atomic mass is 35.5. The van der Waals surface area contributed by atoms with Gasteiger partial charge in [-0.15, -0.1) is 0 Å². The normalized spacial score (nSPS) is 18.7. The molecule has 0 radical (unpaired) electrons. The Labute approximate surface area is 251 Å². The Morgan fingerprint density at radius 3 is 2.24 bits per heavy atom. The molecular formula is C32H36ClN5O4. The Hall–Kier alpha value is -4.08. The van der Waals surface area contributed by atoms with Gasteiger partial charge in [0.15, 0.2) is 0 Å². The summed E-state index contributed by atoms with van der Waals surface area (Å²) in [5.74, 6) is 0.00247. The monoisotopic (exact) mass is 589 g/mol. The van der Waals surface area contributed by atoms with Gasteiger partial charge in [0.25, 0.3) is 17.7 Å². The van der Waals surface area contributed by atoms with E-state index in [1.165, 1.54) is 0 Å². The largest absolute Gasteiger partial charge is 0.497 e. The molecule has 5 rings (SSSR count). The van der Waals surface area contributed by atoms with Crippen LogP contribution in [0.4, 0.5) is 11.4 Å². The van der Waals surface area contributed by atoms with E-state index < -0.39 is 0 Å². The second-order valence-corrected chi connectivity index (χ2v) is 11.2. The number of hydrogen-bond acceptors (Lipinski definition) is 6. The Kier molecular flexibility index (Phi) is 9.29. The zero-order valence-corrected chi connectivity index (χ0v) is 24.4. The van der Waals surface area contributed by atoms with E-state index in [1.54, 1.807) is 72.7 Å². The number of benzene rings is 3. The number of carbonyl (C=O) groups excluding carboxylic acids is 3. The number of piperazine rings is 1. The van der Waals surface area contributed by atoms with Crippen molar-refractivity contribution in [3.63, 3.8) is 0 Å². The molecule has 0 spiro atoms. The van der Waals surface area contributed by atoms with Crippen LogP contribution in [0.1, 0.15) is 56.8 Å². The zero-order valence-electron chi connectivity index (χ0n) is 23.6. The highest BCUT2D eigenvalue weighted by Gasteiger charge is 2.26. The molecule has 42 heavy (non-hydrogen) atoms. The summed E-state index contributed by atoms with van der Waals surface area (Å²) < 4.78 is 5.28. The summed E-state index contributed by atoms with van der Waals surface area (Å²) >= 11 is 6.09. The maximum atomic E-state index is 13.3. The summed E-state index contributed by atoms with van der Waals surface area (Å²) in [7, 11) is 1.55. The molecule has 9 nitrogen and oxygen atoms in total. The minimum absolute atomic E-state index is 0.0700. The lowest BCUT2D eigenvalue weighted by atomic mass is 9.91. The third-order valence-corrected chi connectivity index (χ3v) is 8.16. The summed E-state index contributed by atoms with van der Waals surface area (Å²) in [6.07, 6.45) is 3.47. The van der Waals surface area contributed by atoms with Gasteiger partial charge in [-0.2, -0.15) is 0 Å². The molecule has 0 atom stereocenters. The molecule has 3 aromatic rings. The van der Waals surface area contributed by atoms with Gasteiger partial charge >= 0.3 is 0 Å². The van der Waals surface area contributed by atoms with Gasteiger partial charge in [0.2, 0.25) is 0 Å². The smallest absolute Gasteiger partial charge is 0.255 e. The molecule has 1 saturated heterocycles. The van der Waals surface area contributed by atoms with Gasteiger partial charge in [-0.3, -0.25) is 14.4 Å². The Balaban J connectivity index is 1.35. The summed E-state index contributed by atoms with van der Waals surface area (Å²) in [6.45, 7) is 2.12. The number of amides is 3. The lowest BCUT2D eigenvalue weighted by Gasteiger charge is -2.37. The highest BCUT2D eigenvalue weighted by Crippen LogP contribution is 2.30. The molecule has 3 amide bonds. The molecule has 2 fully saturated rings. The van der Waals surface area contributed by atoms with E-state index in [9.17, 15) is 14.4 Å². The molecule has 3 aromatic carbocycles. The molecule has 1 heterocycles. The summed E-state index contributed by atoms with van der Waals surface area (Å²) in [4.78, 5) is 43.5. The Morgan fingerprint density at radius 2 is 1.52 bits per heavy atom. The fraction of sp³-hybridized carbons (Fsp3) is 0.344. The van der Waals surface area contributed by atoms with Crippen molar-refractivity contribution in [3.8, 4) is 5.75 Å². The van der Waals surface area contributed by atoms with Crippen LogP contribution < -0.4 is 26.0 Å². The second kappa shape index (κ2) is 13.3. The van der Waals surface area contributed by atoms with E-state index in [2.05, 4.69) is 15.5 Å². The first kappa shape index (κ1) is 29.4. The maximum absolute atomic E-state index is 13.3. The number of methoxy groups -OCH3 is 1. The van der Waals surface area contributed by atoms with Gasteiger partial charge in [-0.25, -0.2) is 0 Å². The number of nitrogens with one attached hydrogen (secondary N) is 2. The van der Waals surface area contributed by atoms with Crippen LogP contribution >= 0.6 is 11.6 Å². The third kappa shape index (κ3) is 7.03. The first-order valence-corrected chi connectivity index (χ1v) is 14.6. The van der Waals surface area contributed by atoms with Crippen LogP contribution in [-0.4, -0.2) is 68.0 Å². The molecule has 0 bridgehead atoms. The van der Waals surface area contributed by atoms with E-state index in [-0.39, 0.29) is 29.8 Å². The lowest BCUT2D eigenvalue weighted by Crippen LogP contribution is -2.49. The van der Waals surface area contributed by atoms with Crippen molar-refractivity contribution in [2.24, 2.45) is 5.73 Å². The maximum Gasteiger partial charge on any atom is 0.255 e. The van der Waals surface area contributed by atoms with Gasteiger partial charge in [-0.1, -0.05) is 23.7 Å². The van der Waals surface area contributed by atoms with Gasteiger partial charge in [0.05, 0.1) is 18.5 Å². The molecule has 1 aliphatic carbocycles. The van der Waals surface area contributed by atoms with E-state index in [1.807, 2.05) is 6.07 Å². The molecule has 0 aromatic heterocycles. The fourth-order valence-corrected chi connectivity index (χ4v) is 5.69. The predicted octanol–water partition coefficient (Wildman–Crippen LogP) is 4.56. The number of hydrogen-bond donors (Lipinski definition) is 3. The summed E-state index contributed by atoms with van der Waals surface area (Å²) in [6, 6.07) is 19.5. The number of nitrogens with two attached hydrogens (primary N) is 1. The van der Waals surface area contributed by atoms with Gasteiger partial charge in [-0.05, 0) is 80.3 Å². The fourth-order valence-electron chi connectivity index (χ4n) is 5.50. The van der Waals surface area contributed by atoms with Crippen LogP contribution in [0.5, 0.6) is 5.75 Å². The number of anilines is 2. The van der Waals surface area contributed by atoms with E-state index in [0.29, 0.717) is 59.3 Å². The first-order chi connectivity index (χ1) is 20.3. The lowest BCUT2D eigenvalue weighted by molar-refractivity contribution is 0.0746. The molecule has 0 unspecified atom stereocenters. The van der Waals surface area contributed by atoms with Gasteiger partial charge < -0.3 is 30.9 Å². The van der Waals surface area contributed by atoms with Crippen molar-refractivity contribution < 1.29 is 19.1 Å². The standard InChI is InChI=1S/C32H36ClN5O4/c1-42-27-7-3-4-21(19-27)31(40)36-28-20-22(30(39)35-26-11-9-25(34)10-12-26)8-13-29(28)37-14-16-38(17-15-37)32(41)23-5-2-6-24(33)18-23/h2-8,13,18-20,25-26H,9-12,14-17,34H2,1H3,(H,35,39)(H,36,40). The van der Waals surface area contributed by atoms with Crippen LogP contribution in [-0.2, 0) is 0 Å². The molecule has 10 heteroatoms. The van der Waals surface area contributed by atoms with Crippen molar-refractivity contribution >= 4 is 40.7 Å². The van der Waals surface area contributed by atoms with Crippen LogP contribution in [0.15, 0.2) is 66.7 Å². The zero-order chi connectivity index (χ0) is 29.6. The quantitative estimate of drug-likeness (QED) is 0.372. The number of halogens is 1. The average Bonchev–Trinajstić information content (AvgIpc) is 3.02. The first-order valence-electron chi connectivity index (χ1n) is 14.3. The Morgan fingerprint density at radius 1 is 0.833 bits per heavy atom. The van der Waals surface area contributed by atoms with Crippen LogP contribution in [0.25, 0.3) is 0 Å². The van der Waals surface area contributed by atoms with Crippen LogP contribution in [0.2, 0.25) is 5.02 Å². The number of rotatable bonds is 7. The average molecular weight is 590 g/mol. The molecule has 1 aliphatic heterocycles. The third-order valence-electron chi connectivity index (χ3n) is 7.93. The number of carbonyl (C=O) groups is 3. The van der Waals surface area contributed by atoms with Gasteiger partial charge in [0.1, 0.15) is 5.75 Å². The minimum atomic E-state index is -0.316. The molecular weight excluding hydrogens is 554 g/mol. The summed E-state index contributed by atoms with van der Waals surface area (Å²) in [5, 5.41) is 6.67. The SMILES string of the molecule is COc1cccc(C(=O)Nc2cc(C(=O)NC3CCC(N)CC3)ccc2N2CCN(C(=O)c3cccc(Cl)c3)CC2)c1. The van der Waals surface area contributed by atoms with Crippen LogP contribution in [0.3, 0.4) is 0 Å². The molecule has 2 aliphatic rings. The Bertz CT molecular complexity index is 1450. The topological polar surface area (TPSA) is 117 Å². The van der Waals surface area contributed by atoms with E-state index in [0.717, 1.165) is 31.4 Å². The van der Waals surface area contributed by atoms with Crippen LogP contribution in [0, 0.1) is 0 Å². The van der Waals surface area contributed by atoms with Crippen molar-refractivity contribution in [1.29, 1.82) is 0 Å². The van der Waals surface area contributed by atoms with E-state index in [4.69, 9.17) is 22.1 Å². The molecule has 1 saturated carbocycles. The van der Waals surface area contributed by atoms with Crippen molar-refractivity contribution in [3.05, 3.63) is 88.4 Å². The number of ether oxygens (including phenoxy) is 1. The second-order valence-electron chi connectivity index (χ2n) is 10.8. The van der Waals surface area contributed by atoms with Crippen molar-refractivity contribution in [1.82, 2.24) is 10.2 Å². The predicted molar refractivity (Wildman–Crippen MR) is 165 cm³/mol. The number of nitrogens with zero attached hydrogens (tertiary/aromatic N) is 2. The highest BCUT2D eigenvalue weighted by molar-refractivity contribution is 6.31. The van der Waals surface area contributed by atoms with E-state index >= 15 is 0 Å². The van der Waals surface area contributed by atoms with Gasteiger partial charge in [0, 0.05) is 60.0 Å². The molecule has 220 valence electrons. The minimum Gasteiger partial charge on any atom is -0.497 e. The van der Waals surface area contributed by atoms with Crippen molar-refractivity contribution in [2.75, 3.05) is 43.5 Å². The van der Waals surface area contributed by atoms with Crippen molar-refractivity contribution in [2.45, 2.75) is 37.8 Å². The molecule has 4 N–H and O–H groups in total.